The third-order valence-electron chi connectivity index (χ3n) is 4.83. The highest BCUT2D eigenvalue weighted by molar-refractivity contribution is 7.19. The molecular weight excluding hydrogens is 370 g/mol. The first-order valence-corrected chi connectivity index (χ1v) is 10.4. The van der Waals surface area contributed by atoms with Crippen molar-refractivity contribution in [3.8, 4) is 27.4 Å². The van der Waals surface area contributed by atoms with E-state index >= 15 is 0 Å². The Labute approximate surface area is 169 Å². The summed E-state index contributed by atoms with van der Waals surface area (Å²) in [5.41, 5.74) is 3.29. The van der Waals surface area contributed by atoms with Crippen LogP contribution in [0.4, 0.5) is 5.13 Å². The van der Waals surface area contributed by atoms with Crippen LogP contribution in [0.15, 0.2) is 54.6 Å². The fourth-order valence-corrected chi connectivity index (χ4v) is 4.29. The number of morpholine rings is 1. The zero-order valence-corrected chi connectivity index (χ0v) is 16.9. The number of nitrogens with zero attached hydrogens (tertiary/aromatic N) is 2. The molecule has 146 valence electrons. The van der Waals surface area contributed by atoms with Crippen LogP contribution in [0.5, 0.6) is 5.75 Å². The number of methoxy groups -OCH3 is 1. The van der Waals surface area contributed by atoms with Crippen LogP contribution in [-0.2, 0) is 4.74 Å². The number of hydrogen-bond acceptors (Lipinski definition) is 6. The van der Waals surface area contributed by atoms with Crippen molar-refractivity contribution in [2.24, 2.45) is 0 Å². The lowest BCUT2D eigenvalue weighted by Crippen LogP contribution is -2.38. The monoisotopic (exact) mass is 395 g/mol. The molecule has 0 bridgehead atoms. The third-order valence-corrected chi connectivity index (χ3v) is 5.90. The second kappa shape index (κ2) is 9.19. The van der Waals surface area contributed by atoms with Crippen molar-refractivity contribution in [2.45, 2.75) is 0 Å². The Hall–Kier alpha value is -2.41. The van der Waals surface area contributed by atoms with Crippen molar-refractivity contribution in [3.63, 3.8) is 0 Å². The molecule has 1 aliphatic heterocycles. The van der Waals surface area contributed by atoms with Gasteiger partial charge in [0.2, 0.25) is 0 Å². The first-order valence-electron chi connectivity index (χ1n) is 9.58. The molecule has 2 heterocycles. The van der Waals surface area contributed by atoms with Crippen LogP contribution in [-0.4, -0.2) is 56.4 Å². The maximum Gasteiger partial charge on any atom is 0.183 e. The molecule has 0 aliphatic carbocycles. The fraction of sp³-hybridized carbons (Fsp3) is 0.318. The molecule has 6 heteroatoms. The van der Waals surface area contributed by atoms with Gasteiger partial charge in [-0.05, 0) is 29.8 Å². The minimum Gasteiger partial charge on any atom is -0.497 e. The van der Waals surface area contributed by atoms with Gasteiger partial charge in [0.1, 0.15) is 5.75 Å². The zero-order valence-electron chi connectivity index (χ0n) is 16.1. The minimum absolute atomic E-state index is 0.830. The summed E-state index contributed by atoms with van der Waals surface area (Å²) >= 11 is 1.71. The summed E-state index contributed by atoms with van der Waals surface area (Å²) in [4.78, 5) is 8.52. The van der Waals surface area contributed by atoms with Gasteiger partial charge < -0.3 is 14.8 Å². The topological polar surface area (TPSA) is 46.6 Å². The number of thiazole rings is 1. The van der Waals surface area contributed by atoms with E-state index in [0.29, 0.717) is 0 Å². The molecule has 0 radical (unpaired) electrons. The van der Waals surface area contributed by atoms with Crippen LogP contribution < -0.4 is 10.1 Å². The Balaban J connectivity index is 1.55. The van der Waals surface area contributed by atoms with Gasteiger partial charge in [-0.15, -0.1) is 0 Å². The number of benzene rings is 2. The normalized spacial score (nSPS) is 14.8. The van der Waals surface area contributed by atoms with E-state index in [1.807, 2.05) is 18.2 Å². The average molecular weight is 396 g/mol. The standard InChI is InChI=1S/C22H25N3O2S/c1-26-19-9-7-17(8-10-19)20-21(18-5-3-2-4-6-18)28-22(24-20)23-11-12-25-13-15-27-16-14-25/h2-10H,11-16H2,1H3,(H,23,24). The van der Waals surface area contributed by atoms with Crippen molar-refractivity contribution >= 4 is 16.5 Å². The molecule has 1 N–H and O–H groups in total. The first kappa shape index (κ1) is 18.9. The number of anilines is 1. The second-order valence-electron chi connectivity index (χ2n) is 6.67. The van der Waals surface area contributed by atoms with E-state index in [9.17, 15) is 0 Å². The van der Waals surface area contributed by atoms with Crippen LogP contribution in [0.1, 0.15) is 0 Å². The molecule has 0 unspecified atom stereocenters. The van der Waals surface area contributed by atoms with E-state index < -0.39 is 0 Å². The maximum atomic E-state index is 5.42. The Morgan fingerprint density at radius 2 is 1.79 bits per heavy atom. The van der Waals surface area contributed by atoms with Gasteiger partial charge in [-0.25, -0.2) is 4.98 Å². The molecule has 0 spiro atoms. The third kappa shape index (κ3) is 4.52. The van der Waals surface area contributed by atoms with Gasteiger partial charge in [0.15, 0.2) is 5.13 Å². The number of rotatable bonds is 7. The maximum absolute atomic E-state index is 5.42. The van der Waals surface area contributed by atoms with Crippen molar-refractivity contribution < 1.29 is 9.47 Å². The zero-order chi connectivity index (χ0) is 19.2. The molecular formula is C22H25N3O2S. The van der Waals surface area contributed by atoms with E-state index in [0.717, 1.165) is 61.5 Å². The van der Waals surface area contributed by atoms with Crippen molar-refractivity contribution in [1.82, 2.24) is 9.88 Å². The SMILES string of the molecule is COc1ccc(-c2nc(NCCN3CCOCC3)sc2-c2ccccc2)cc1. The number of aromatic nitrogens is 1. The highest BCUT2D eigenvalue weighted by Gasteiger charge is 2.16. The Kier molecular flexibility index (Phi) is 6.21. The van der Waals surface area contributed by atoms with E-state index in [1.54, 1.807) is 18.4 Å². The lowest BCUT2D eigenvalue weighted by atomic mass is 10.1. The summed E-state index contributed by atoms with van der Waals surface area (Å²) in [6.45, 7) is 5.55. The average Bonchev–Trinajstić information content (AvgIpc) is 3.19. The summed E-state index contributed by atoms with van der Waals surface area (Å²) in [5, 5.41) is 4.47. The summed E-state index contributed by atoms with van der Waals surface area (Å²) in [5.74, 6) is 0.851. The smallest absolute Gasteiger partial charge is 0.183 e. The van der Waals surface area contributed by atoms with Gasteiger partial charge in [0.25, 0.3) is 0 Å². The first-order chi connectivity index (χ1) is 13.8. The van der Waals surface area contributed by atoms with Gasteiger partial charge in [-0.3, -0.25) is 4.90 Å². The molecule has 1 fully saturated rings. The fourth-order valence-electron chi connectivity index (χ4n) is 3.27. The number of ether oxygens (including phenoxy) is 2. The van der Waals surface area contributed by atoms with E-state index in [2.05, 4.69) is 46.6 Å². The van der Waals surface area contributed by atoms with E-state index in [4.69, 9.17) is 14.5 Å². The van der Waals surface area contributed by atoms with Crippen molar-refractivity contribution in [3.05, 3.63) is 54.6 Å². The molecule has 5 nitrogen and oxygen atoms in total. The molecule has 0 saturated carbocycles. The highest BCUT2D eigenvalue weighted by atomic mass is 32.1. The van der Waals surface area contributed by atoms with Crippen LogP contribution in [0.2, 0.25) is 0 Å². The second-order valence-corrected chi connectivity index (χ2v) is 7.67. The van der Waals surface area contributed by atoms with Gasteiger partial charge in [-0.1, -0.05) is 41.7 Å². The molecule has 28 heavy (non-hydrogen) atoms. The quantitative estimate of drug-likeness (QED) is 0.649. The number of hydrogen-bond donors (Lipinski definition) is 1. The predicted octanol–water partition coefficient (Wildman–Crippen LogP) is 4.23. The Morgan fingerprint density at radius 3 is 2.50 bits per heavy atom. The molecule has 0 atom stereocenters. The Bertz CT molecular complexity index is 875. The Morgan fingerprint density at radius 1 is 1.04 bits per heavy atom. The van der Waals surface area contributed by atoms with Gasteiger partial charge in [0.05, 0.1) is 30.9 Å². The van der Waals surface area contributed by atoms with Gasteiger partial charge in [0, 0.05) is 31.7 Å². The van der Waals surface area contributed by atoms with Crippen molar-refractivity contribution in [2.75, 3.05) is 51.8 Å². The van der Waals surface area contributed by atoms with Crippen molar-refractivity contribution in [1.29, 1.82) is 0 Å². The van der Waals surface area contributed by atoms with Gasteiger partial charge >= 0.3 is 0 Å². The van der Waals surface area contributed by atoms with E-state index in [-0.39, 0.29) is 0 Å². The number of nitrogens with one attached hydrogen (secondary N) is 1. The summed E-state index contributed by atoms with van der Waals surface area (Å²) in [7, 11) is 1.68. The molecule has 4 rings (SSSR count). The molecule has 1 aromatic heterocycles. The van der Waals surface area contributed by atoms with Gasteiger partial charge in [-0.2, -0.15) is 0 Å². The van der Waals surface area contributed by atoms with Crippen LogP contribution in [0.25, 0.3) is 21.7 Å². The molecule has 2 aromatic carbocycles. The summed E-state index contributed by atoms with van der Waals surface area (Å²) in [6.07, 6.45) is 0. The molecule has 3 aromatic rings. The molecule has 1 aliphatic rings. The largest absolute Gasteiger partial charge is 0.497 e. The van der Waals surface area contributed by atoms with Crippen LogP contribution in [0.3, 0.4) is 0 Å². The lowest BCUT2D eigenvalue weighted by molar-refractivity contribution is 0.0398. The highest BCUT2D eigenvalue weighted by Crippen LogP contribution is 2.39. The predicted molar refractivity (Wildman–Crippen MR) is 115 cm³/mol. The molecule has 0 amide bonds. The summed E-state index contributed by atoms with van der Waals surface area (Å²) in [6, 6.07) is 18.5. The lowest BCUT2D eigenvalue weighted by Gasteiger charge is -2.26. The summed E-state index contributed by atoms with van der Waals surface area (Å²) < 4.78 is 10.7. The minimum atomic E-state index is 0.830. The molecule has 1 saturated heterocycles. The van der Waals surface area contributed by atoms with Crippen LogP contribution >= 0.6 is 11.3 Å². The van der Waals surface area contributed by atoms with E-state index in [1.165, 1.54) is 10.4 Å². The van der Waals surface area contributed by atoms with Crippen LogP contribution in [0, 0.1) is 0 Å².